The number of allylic oxidation sites excluding steroid dienone is 1. The molecule has 0 aliphatic carbocycles. The summed E-state index contributed by atoms with van der Waals surface area (Å²) < 4.78 is 68.8. The maximum absolute atomic E-state index is 13.3. The number of amides is 1. The molecule has 3 aliphatic heterocycles. The third-order valence-electron chi connectivity index (χ3n) is 9.00. The summed E-state index contributed by atoms with van der Waals surface area (Å²) in [6.45, 7) is -1.63. The number of aliphatic hydroxyl groups excluding tert-OH is 4. The molecule has 0 spiro atoms. The molecule has 1 amide bonds. The van der Waals surface area contributed by atoms with Gasteiger partial charge in [0.15, 0.2) is 41.2 Å². The zero-order valence-corrected chi connectivity index (χ0v) is 33.3. The number of nitrogen functional groups attached to an aromatic ring is 1. The summed E-state index contributed by atoms with van der Waals surface area (Å²) in [4.78, 5) is 98.3. The van der Waals surface area contributed by atoms with Crippen LogP contribution in [0.3, 0.4) is 0 Å². The van der Waals surface area contributed by atoms with Crippen molar-refractivity contribution >= 4 is 58.3 Å². The Morgan fingerprint density at radius 2 is 1.70 bits per heavy atom. The quantitative estimate of drug-likeness (QED) is 0.0433. The normalized spacial score (nSPS) is 30.6. The summed E-state index contributed by atoms with van der Waals surface area (Å²) in [5.74, 6) is -4.75. The third-order valence-corrected chi connectivity index (χ3v) is 12.1. The van der Waals surface area contributed by atoms with E-state index in [0.717, 1.165) is 29.0 Å². The number of ether oxygens (including phenoxy) is 2. The fraction of sp³-hybridized carbons (Fsp3) is 0.556. The average molecular weight is 922 g/mol. The fourth-order valence-electron chi connectivity index (χ4n) is 5.91. The van der Waals surface area contributed by atoms with Gasteiger partial charge in [0, 0.05) is 18.0 Å². The Balaban J connectivity index is 1.40. The summed E-state index contributed by atoms with van der Waals surface area (Å²) in [6.07, 6.45) is -9.95. The summed E-state index contributed by atoms with van der Waals surface area (Å²) in [6, 6.07) is 0. The molecule has 4 unspecified atom stereocenters. The van der Waals surface area contributed by atoms with Gasteiger partial charge in [-0.1, -0.05) is 6.08 Å². The highest BCUT2D eigenvalue weighted by molar-refractivity contribution is 7.61. The lowest BCUT2D eigenvalue weighted by Crippen LogP contribution is -2.66. The maximum atomic E-state index is 13.3. The lowest BCUT2D eigenvalue weighted by molar-refractivity contribution is -0.292. The molecule has 30 nitrogen and oxygen atoms in total. The van der Waals surface area contributed by atoms with Crippen molar-refractivity contribution in [2.75, 3.05) is 18.9 Å². The number of nitrogens with two attached hydrogens (primary N) is 2. The van der Waals surface area contributed by atoms with Gasteiger partial charge in [-0.25, -0.2) is 48.0 Å². The standard InChI is InChI=1S/C27H38N7O23P3/c1-11(35)24(40)54-55-25(41)26(2,42)27(18(38)17(56-58(43,44)45)23(53-27)34-10-32-14-19(28)30-9-31-21(14)34)8-51-60(48,49)57-59(46,47)50-7-13-15(36)16(37)22(52-13)33-5-3-4-12(6-33)20(29)39/h3,5-6,9-11,13,15-18,22-23,35-38,42H,4,7-8H2,1-2H3,(H2,29,39)(H,46,47)(H,48,49)(H2,28,30,31)(H2,43,44,45)/t11?,13-,15-,16-,17-,18-,22-,23-,26?,27-/m1/s1. The Morgan fingerprint density at radius 1 is 1.03 bits per heavy atom. The molecule has 2 aromatic heterocycles. The second-order valence-corrected chi connectivity index (χ2v) is 17.4. The van der Waals surface area contributed by atoms with E-state index in [1.807, 2.05) is 0 Å². The maximum Gasteiger partial charge on any atom is 0.481 e. The molecule has 12 atom stereocenters. The van der Waals surface area contributed by atoms with Crippen LogP contribution in [0.1, 0.15) is 26.5 Å². The predicted molar refractivity (Wildman–Crippen MR) is 186 cm³/mol. The first kappa shape index (κ1) is 47.2. The first-order valence-electron chi connectivity index (χ1n) is 16.7. The number of carbonyl (C=O) groups is 3. The number of rotatable bonds is 16. The van der Waals surface area contributed by atoms with E-state index in [2.05, 4.69) is 29.0 Å². The molecule has 5 rings (SSSR count). The molecule has 5 heterocycles. The van der Waals surface area contributed by atoms with Crippen LogP contribution in [0.4, 0.5) is 5.82 Å². The molecule has 0 saturated carbocycles. The lowest BCUT2D eigenvalue weighted by atomic mass is 9.80. The van der Waals surface area contributed by atoms with Crippen molar-refractivity contribution in [3.63, 3.8) is 0 Å². The highest BCUT2D eigenvalue weighted by atomic mass is 31.3. The number of hydrogen-bond acceptors (Lipinski definition) is 24. The van der Waals surface area contributed by atoms with E-state index in [1.54, 1.807) is 0 Å². The summed E-state index contributed by atoms with van der Waals surface area (Å²) >= 11 is 0. The van der Waals surface area contributed by atoms with Gasteiger partial charge in [0.2, 0.25) is 5.91 Å². The van der Waals surface area contributed by atoms with Crippen molar-refractivity contribution in [1.29, 1.82) is 0 Å². The molecule has 3 aliphatic rings. The van der Waals surface area contributed by atoms with Gasteiger partial charge in [-0.3, -0.25) is 22.9 Å². The number of phosphoric acid groups is 3. The minimum Gasteiger partial charge on any atom is -0.387 e. The van der Waals surface area contributed by atoms with E-state index in [4.69, 9.17) is 34.5 Å². The highest BCUT2D eigenvalue weighted by Gasteiger charge is 2.70. The number of aliphatic hydroxyl groups is 5. The number of hydrogen-bond donors (Lipinski definition) is 11. The van der Waals surface area contributed by atoms with Gasteiger partial charge >= 0.3 is 35.4 Å². The molecule has 60 heavy (non-hydrogen) atoms. The fourth-order valence-corrected chi connectivity index (χ4v) is 8.56. The first-order valence-corrected chi connectivity index (χ1v) is 21.2. The second kappa shape index (κ2) is 17.5. The molecule has 2 aromatic rings. The molecule has 2 saturated heterocycles. The number of primary amides is 1. The molecular weight excluding hydrogens is 883 g/mol. The van der Waals surface area contributed by atoms with Crippen LogP contribution in [0.2, 0.25) is 0 Å². The third kappa shape index (κ3) is 9.92. The van der Waals surface area contributed by atoms with Crippen LogP contribution in [0.5, 0.6) is 0 Å². The summed E-state index contributed by atoms with van der Waals surface area (Å²) in [7, 11) is -17.6. The van der Waals surface area contributed by atoms with Crippen molar-refractivity contribution in [3.05, 3.63) is 36.7 Å². The van der Waals surface area contributed by atoms with Gasteiger partial charge in [0.25, 0.3) is 0 Å². The van der Waals surface area contributed by atoms with Crippen LogP contribution in [0, 0.1) is 0 Å². The molecule has 33 heteroatoms. The number of aromatic nitrogens is 4. The van der Waals surface area contributed by atoms with Gasteiger partial charge in [-0.05, 0) is 20.3 Å². The Morgan fingerprint density at radius 3 is 2.33 bits per heavy atom. The number of fused-ring (bicyclic) bond motifs is 1. The van der Waals surface area contributed by atoms with Crippen molar-refractivity contribution < 1.29 is 110 Å². The minimum absolute atomic E-state index is 0.0975. The van der Waals surface area contributed by atoms with E-state index in [-0.39, 0.29) is 29.0 Å². The largest absolute Gasteiger partial charge is 0.481 e. The van der Waals surface area contributed by atoms with Gasteiger partial charge in [0.1, 0.15) is 42.4 Å². The van der Waals surface area contributed by atoms with Crippen LogP contribution in [0.25, 0.3) is 11.2 Å². The number of anilines is 1. The summed E-state index contributed by atoms with van der Waals surface area (Å²) in [5, 5.41) is 53.7. The van der Waals surface area contributed by atoms with Crippen LogP contribution in [-0.4, -0.2) is 155 Å². The molecule has 0 radical (unpaired) electrons. The average Bonchev–Trinajstić information content (AvgIpc) is 3.80. The van der Waals surface area contributed by atoms with Gasteiger partial charge in [0.05, 0.1) is 19.5 Å². The molecule has 0 bridgehead atoms. The minimum atomic E-state index is -6.09. The van der Waals surface area contributed by atoms with E-state index < -0.39 is 115 Å². The molecular formula is C27H38N7O23P3. The zero-order valence-electron chi connectivity index (χ0n) is 30.6. The Bertz CT molecular complexity index is 2180. The van der Waals surface area contributed by atoms with Crippen LogP contribution < -0.4 is 11.5 Å². The smallest absolute Gasteiger partial charge is 0.387 e. The Labute approximate surface area is 334 Å². The van der Waals surface area contributed by atoms with Crippen LogP contribution in [-0.2, 0) is 65.2 Å². The van der Waals surface area contributed by atoms with Crippen molar-refractivity contribution in [1.82, 2.24) is 24.4 Å². The summed E-state index contributed by atoms with van der Waals surface area (Å²) in [5.41, 5.74) is 3.81. The van der Waals surface area contributed by atoms with Crippen molar-refractivity contribution in [3.8, 4) is 0 Å². The molecule has 0 aromatic carbocycles. The van der Waals surface area contributed by atoms with E-state index in [0.29, 0.717) is 6.92 Å². The van der Waals surface area contributed by atoms with E-state index in [9.17, 15) is 73.2 Å². The topological polar surface area (TPSA) is 457 Å². The van der Waals surface area contributed by atoms with Gasteiger partial charge < -0.3 is 70.9 Å². The van der Waals surface area contributed by atoms with Gasteiger partial charge in [-0.2, -0.15) is 4.31 Å². The SMILES string of the molecule is CC(O)C(=O)OOC(=O)C(C)(O)[C@]1(COP(=O)(O)OP(=O)(O)OC[C@H]2O[C@@H](N3C=CCC(C(N)=O)=C3)[C@H](O)[C@@H]2O)O[C@@H](n2cnc3c(N)ncnc32)[C@H](OP(=O)(O)O)[C@H]1O. The monoisotopic (exact) mass is 921 g/mol. The Kier molecular flexibility index (Phi) is 13.7. The zero-order chi connectivity index (χ0) is 44.7. The number of imidazole rings is 1. The highest BCUT2D eigenvalue weighted by Crippen LogP contribution is 2.62. The molecule has 2 fully saturated rings. The number of phosphoric ester groups is 3. The predicted octanol–water partition coefficient (Wildman–Crippen LogP) is -4.07. The van der Waals surface area contributed by atoms with E-state index >= 15 is 0 Å². The molecule has 334 valence electrons. The van der Waals surface area contributed by atoms with Crippen LogP contribution >= 0.6 is 23.5 Å². The second-order valence-electron chi connectivity index (χ2n) is 13.2. The van der Waals surface area contributed by atoms with Crippen molar-refractivity contribution in [2.45, 2.75) is 80.5 Å². The Hall–Kier alpha value is -3.87. The van der Waals surface area contributed by atoms with Crippen molar-refractivity contribution in [2.24, 2.45) is 5.73 Å². The number of carbonyl (C=O) groups excluding carboxylic acids is 3. The van der Waals surface area contributed by atoms with E-state index in [1.165, 1.54) is 18.5 Å². The van der Waals surface area contributed by atoms with Gasteiger partial charge in [-0.15, -0.1) is 0 Å². The number of nitrogens with zero attached hydrogens (tertiary/aromatic N) is 5. The molecule has 13 N–H and O–H groups in total. The lowest BCUT2D eigenvalue weighted by Gasteiger charge is -2.41. The van der Waals surface area contributed by atoms with Crippen LogP contribution in [0.15, 0.2) is 36.7 Å². The first-order chi connectivity index (χ1) is 27.7.